The molecule has 1 fully saturated rings. The molecule has 5 N–H and O–H groups in total. The molecule has 1 aliphatic rings. The normalized spacial score (nSPS) is 24.5. The first kappa shape index (κ1) is 11.9. The molecule has 0 aromatic rings. The number of nitrogens with zero attached hydrogens (tertiary/aromatic N) is 1. The molecule has 15 heavy (non-hydrogen) atoms. The number of carbonyl (C=O) groups excluding carboxylic acids is 2. The molecular formula is C9H18N4O2. The number of hydrogen-bond donors (Lipinski definition) is 3. The second kappa shape index (κ2) is 5.09. The smallest absolute Gasteiger partial charge is 0.318 e. The predicted molar refractivity (Wildman–Crippen MR) is 56.0 cm³/mol. The lowest BCUT2D eigenvalue weighted by molar-refractivity contribution is -0.125. The van der Waals surface area contributed by atoms with Crippen molar-refractivity contribution in [1.82, 2.24) is 10.2 Å². The summed E-state index contributed by atoms with van der Waals surface area (Å²) in [6.45, 7) is 3.27. The van der Waals surface area contributed by atoms with E-state index in [0.29, 0.717) is 6.54 Å². The Hall–Kier alpha value is -1.14. The number of rotatable bonds is 2. The standard InChI is InChI=1S/C9H18N4O2/c1-6(8(14)12-9(11)15)13-4-2-3-7(10)5-13/h6-7H,2-5,10H2,1H3,(H3,11,12,14,15)/t6?,7-/m1/s1. The number of imide groups is 1. The fraction of sp³-hybridized carbons (Fsp3) is 0.778. The maximum atomic E-state index is 11.5. The monoisotopic (exact) mass is 214 g/mol. The molecule has 86 valence electrons. The Morgan fingerprint density at radius 1 is 1.53 bits per heavy atom. The summed E-state index contributed by atoms with van der Waals surface area (Å²) in [6, 6.07) is -1.06. The van der Waals surface area contributed by atoms with Gasteiger partial charge in [0.2, 0.25) is 5.91 Å². The zero-order valence-electron chi connectivity index (χ0n) is 8.90. The molecule has 1 rings (SSSR count). The third-order valence-electron chi connectivity index (χ3n) is 2.66. The summed E-state index contributed by atoms with van der Waals surface area (Å²) < 4.78 is 0. The first-order chi connectivity index (χ1) is 7.00. The number of primary amides is 1. The maximum Gasteiger partial charge on any atom is 0.318 e. The third-order valence-corrected chi connectivity index (χ3v) is 2.66. The van der Waals surface area contributed by atoms with Gasteiger partial charge in [0.05, 0.1) is 6.04 Å². The number of nitrogens with two attached hydrogens (primary N) is 2. The first-order valence-electron chi connectivity index (χ1n) is 5.10. The minimum absolute atomic E-state index is 0.113. The molecule has 0 radical (unpaired) electrons. The number of hydrogen-bond acceptors (Lipinski definition) is 4. The molecule has 0 spiro atoms. The van der Waals surface area contributed by atoms with E-state index in [2.05, 4.69) is 5.32 Å². The van der Waals surface area contributed by atoms with Crippen molar-refractivity contribution in [3.8, 4) is 0 Å². The fourth-order valence-electron chi connectivity index (χ4n) is 1.78. The van der Waals surface area contributed by atoms with Gasteiger partial charge in [-0.1, -0.05) is 0 Å². The number of likely N-dealkylation sites (tertiary alicyclic amines) is 1. The first-order valence-corrected chi connectivity index (χ1v) is 5.10. The minimum atomic E-state index is -0.812. The zero-order valence-corrected chi connectivity index (χ0v) is 8.90. The average molecular weight is 214 g/mol. The molecule has 6 heteroatoms. The van der Waals surface area contributed by atoms with Crippen LogP contribution in [0.2, 0.25) is 0 Å². The summed E-state index contributed by atoms with van der Waals surface area (Å²) in [5, 5.41) is 2.07. The molecule has 3 amide bonds. The van der Waals surface area contributed by atoms with E-state index in [1.165, 1.54) is 0 Å². The van der Waals surface area contributed by atoms with Crippen molar-refractivity contribution in [3.05, 3.63) is 0 Å². The van der Waals surface area contributed by atoms with Crippen molar-refractivity contribution in [1.29, 1.82) is 0 Å². The van der Waals surface area contributed by atoms with Gasteiger partial charge in [-0.3, -0.25) is 15.0 Å². The van der Waals surface area contributed by atoms with Crippen LogP contribution in [0, 0.1) is 0 Å². The Kier molecular flexibility index (Phi) is 4.05. The van der Waals surface area contributed by atoms with E-state index >= 15 is 0 Å². The molecule has 0 aliphatic carbocycles. The molecule has 0 aromatic heterocycles. The highest BCUT2D eigenvalue weighted by atomic mass is 16.2. The topological polar surface area (TPSA) is 101 Å². The van der Waals surface area contributed by atoms with E-state index in [-0.39, 0.29) is 18.0 Å². The van der Waals surface area contributed by atoms with E-state index in [4.69, 9.17) is 11.5 Å². The Bertz CT molecular complexity index is 256. The van der Waals surface area contributed by atoms with Gasteiger partial charge >= 0.3 is 6.03 Å². The second-order valence-corrected chi connectivity index (χ2v) is 3.93. The van der Waals surface area contributed by atoms with Crippen LogP contribution >= 0.6 is 0 Å². The van der Waals surface area contributed by atoms with E-state index in [1.807, 2.05) is 4.90 Å². The highest BCUT2D eigenvalue weighted by Gasteiger charge is 2.26. The maximum absolute atomic E-state index is 11.5. The quantitative estimate of drug-likeness (QED) is 0.548. The van der Waals surface area contributed by atoms with Gasteiger partial charge in [-0.05, 0) is 26.3 Å². The molecular weight excluding hydrogens is 196 g/mol. The van der Waals surface area contributed by atoms with Crippen LogP contribution in [0.4, 0.5) is 4.79 Å². The molecule has 1 aliphatic heterocycles. The van der Waals surface area contributed by atoms with Crippen molar-refractivity contribution in [2.45, 2.75) is 31.8 Å². The zero-order chi connectivity index (χ0) is 11.4. The van der Waals surface area contributed by atoms with Gasteiger partial charge < -0.3 is 11.5 Å². The number of amides is 3. The van der Waals surface area contributed by atoms with Crippen LogP contribution in [0.1, 0.15) is 19.8 Å². The Morgan fingerprint density at radius 2 is 2.20 bits per heavy atom. The SMILES string of the molecule is CC(C(=O)NC(N)=O)N1CCC[C@@H](N)C1. The molecule has 1 saturated heterocycles. The minimum Gasteiger partial charge on any atom is -0.351 e. The largest absolute Gasteiger partial charge is 0.351 e. The Balaban J connectivity index is 2.47. The van der Waals surface area contributed by atoms with Crippen molar-refractivity contribution < 1.29 is 9.59 Å². The van der Waals surface area contributed by atoms with Gasteiger partial charge in [0.15, 0.2) is 0 Å². The molecule has 0 bridgehead atoms. The van der Waals surface area contributed by atoms with Gasteiger partial charge in [-0.25, -0.2) is 4.79 Å². The van der Waals surface area contributed by atoms with Crippen LogP contribution in [0.3, 0.4) is 0 Å². The lowest BCUT2D eigenvalue weighted by Crippen LogP contribution is -2.53. The van der Waals surface area contributed by atoms with Crippen molar-refractivity contribution in [3.63, 3.8) is 0 Å². The van der Waals surface area contributed by atoms with Crippen LogP contribution in [0.25, 0.3) is 0 Å². The second-order valence-electron chi connectivity index (χ2n) is 3.93. The lowest BCUT2D eigenvalue weighted by Gasteiger charge is -2.34. The van der Waals surface area contributed by atoms with E-state index in [1.54, 1.807) is 6.92 Å². The number of urea groups is 1. The van der Waals surface area contributed by atoms with Gasteiger partial charge in [0.25, 0.3) is 0 Å². The van der Waals surface area contributed by atoms with Crippen molar-refractivity contribution in [2.75, 3.05) is 13.1 Å². The summed E-state index contributed by atoms with van der Waals surface area (Å²) in [5.74, 6) is -0.364. The third kappa shape index (κ3) is 3.49. The molecule has 0 aromatic carbocycles. The molecule has 6 nitrogen and oxygen atoms in total. The van der Waals surface area contributed by atoms with E-state index in [0.717, 1.165) is 19.4 Å². The average Bonchev–Trinajstić information content (AvgIpc) is 2.15. The van der Waals surface area contributed by atoms with Crippen LogP contribution in [-0.2, 0) is 4.79 Å². The van der Waals surface area contributed by atoms with Crippen molar-refractivity contribution in [2.24, 2.45) is 11.5 Å². The van der Waals surface area contributed by atoms with Crippen LogP contribution in [0.5, 0.6) is 0 Å². The van der Waals surface area contributed by atoms with E-state index < -0.39 is 6.03 Å². The Morgan fingerprint density at radius 3 is 2.73 bits per heavy atom. The highest BCUT2D eigenvalue weighted by Crippen LogP contribution is 2.11. The van der Waals surface area contributed by atoms with Crippen LogP contribution < -0.4 is 16.8 Å². The predicted octanol–water partition coefficient (Wildman–Crippen LogP) is -1.01. The summed E-state index contributed by atoms with van der Waals surface area (Å²) in [5.41, 5.74) is 10.7. The molecule has 0 saturated carbocycles. The summed E-state index contributed by atoms with van der Waals surface area (Å²) >= 11 is 0. The van der Waals surface area contributed by atoms with Crippen molar-refractivity contribution >= 4 is 11.9 Å². The molecule has 1 unspecified atom stereocenters. The number of nitrogens with one attached hydrogen (secondary N) is 1. The van der Waals surface area contributed by atoms with Crippen LogP contribution in [0.15, 0.2) is 0 Å². The van der Waals surface area contributed by atoms with Gasteiger partial charge in [0.1, 0.15) is 0 Å². The summed E-state index contributed by atoms with van der Waals surface area (Å²) in [7, 11) is 0. The lowest BCUT2D eigenvalue weighted by atomic mass is 10.0. The summed E-state index contributed by atoms with van der Waals surface area (Å²) in [4.78, 5) is 23.9. The Labute approximate surface area is 89.0 Å². The van der Waals surface area contributed by atoms with Crippen LogP contribution in [-0.4, -0.2) is 42.0 Å². The van der Waals surface area contributed by atoms with Gasteiger partial charge in [0, 0.05) is 12.6 Å². The molecule has 2 atom stereocenters. The van der Waals surface area contributed by atoms with Gasteiger partial charge in [-0.15, -0.1) is 0 Å². The van der Waals surface area contributed by atoms with Gasteiger partial charge in [-0.2, -0.15) is 0 Å². The fourth-order valence-corrected chi connectivity index (χ4v) is 1.78. The number of carbonyl (C=O) groups is 2. The summed E-state index contributed by atoms with van der Waals surface area (Å²) in [6.07, 6.45) is 1.97. The molecule has 1 heterocycles. The van der Waals surface area contributed by atoms with E-state index in [9.17, 15) is 9.59 Å². The number of piperidine rings is 1. The highest BCUT2D eigenvalue weighted by molar-refractivity contribution is 5.96.